The number of aromatic nitrogens is 4. The lowest BCUT2D eigenvalue weighted by molar-refractivity contribution is 0.0821. The van der Waals surface area contributed by atoms with Crippen molar-refractivity contribution in [1.29, 1.82) is 5.26 Å². The van der Waals surface area contributed by atoms with Gasteiger partial charge in [0.2, 0.25) is 5.95 Å². The topological polar surface area (TPSA) is 109 Å². The molecule has 40 heavy (non-hydrogen) atoms. The zero-order valence-corrected chi connectivity index (χ0v) is 27.0. The highest BCUT2D eigenvalue weighted by Crippen LogP contribution is 2.44. The lowest BCUT2D eigenvalue weighted by Gasteiger charge is -2.39. The largest absolute Gasteiger partial charge is 0.416 e. The summed E-state index contributed by atoms with van der Waals surface area (Å²) in [6, 6.07) is 10.0. The van der Waals surface area contributed by atoms with Gasteiger partial charge in [0, 0.05) is 51.0 Å². The fraction of sp³-hybridized carbons (Fsp3) is 0.483. The highest BCUT2D eigenvalue weighted by Gasteiger charge is 2.42. The Morgan fingerprint density at radius 1 is 1.27 bits per heavy atom. The number of nitriles is 1. The van der Waals surface area contributed by atoms with E-state index in [2.05, 4.69) is 68.3 Å². The molecule has 2 aromatic heterocycles. The smallest absolute Gasteiger partial charge is 0.273 e. The van der Waals surface area contributed by atoms with E-state index in [0.29, 0.717) is 35.3 Å². The molecule has 1 aliphatic carbocycles. The Bertz CT molecular complexity index is 1460. The molecule has 0 saturated carbocycles. The van der Waals surface area contributed by atoms with Crippen molar-refractivity contribution in [3.63, 3.8) is 0 Å². The highest BCUT2D eigenvalue weighted by atomic mass is 32.1. The number of hydrogen-bond donors (Lipinski definition) is 1. The molecular formula is C29H41N7O2SSi. The molecule has 0 unspecified atom stereocenters. The molecule has 4 rings (SSSR count). The molecule has 214 valence electrons. The van der Waals surface area contributed by atoms with Crippen molar-refractivity contribution in [2.75, 3.05) is 26.0 Å². The van der Waals surface area contributed by atoms with Gasteiger partial charge in [0.1, 0.15) is 5.82 Å². The fourth-order valence-electron chi connectivity index (χ4n) is 4.58. The molecule has 1 amide bonds. The second-order valence-corrected chi connectivity index (χ2v) is 17.2. The third-order valence-corrected chi connectivity index (χ3v) is 12.7. The maximum Gasteiger partial charge on any atom is 0.273 e. The van der Waals surface area contributed by atoms with E-state index in [-0.39, 0.29) is 29.9 Å². The molecule has 1 aromatic carbocycles. The third-order valence-electron chi connectivity index (χ3n) is 8.20. The van der Waals surface area contributed by atoms with Crippen LogP contribution >= 0.6 is 13.5 Å². The number of carbonyl (C=O) groups excluding carboxylic acids is 1. The van der Waals surface area contributed by atoms with E-state index in [1.807, 2.05) is 12.1 Å². The number of rotatable bonds is 7. The summed E-state index contributed by atoms with van der Waals surface area (Å²) < 4.78 is 8.26. The lowest BCUT2D eigenvalue weighted by atomic mass is 9.83. The molecule has 0 radical (unpaired) electrons. The van der Waals surface area contributed by atoms with Crippen LogP contribution in [-0.2, 0) is 23.3 Å². The number of hydrogen-bond acceptors (Lipinski definition) is 7. The Morgan fingerprint density at radius 2 is 1.98 bits per heavy atom. The van der Waals surface area contributed by atoms with Crippen molar-refractivity contribution in [2.24, 2.45) is 7.05 Å². The van der Waals surface area contributed by atoms with Gasteiger partial charge in [-0.2, -0.15) is 23.9 Å². The van der Waals surface area contributed by atoms with E-state index >= 15 is 0 Å². The Labute approximate surface area is 245 Å². The van der Waals surface area contributed by atoms with Crippen LogP contribution in [0.4, 0.5) is 11.8 Å². The quantitative estimate of drug-likeness (QED) is 0.367. The maximum atomic E-state index is 12.3. The molecule has 0 spiro atoms. The summed E-state index contributed by atoms with van der Waals surface area (Å²) in [7, 11) is 3.20. The van der Waals surface area contributed by atoms with Gasteiger partial charge in [-0.3, -0.25) is 9.48 Å². The fourth-order valence-corrected chi connectivity index (χ4v) is 5.69. The van der Waals surface area contributed by atoms with E-state index in [1.165, 1.54) is 10.5 Å². The van der Waals surface area contributed by atoms with Crippen LogP contribution < -0.4 is 5.32 Å². The first-order chi connectivity index (χ1) is 18.1. The molecule has 0 fully saturated rings. The highest BCUT2D eigenvalue weighted by molar-refractivity contribution is 7.59. The predicted octanol–water partition coefficient (Wildman–Crippen LogP) is 5.53. The summed E-state index contributed by atoms with van der Waals surface area (Å²) in [5.41, 5.74) is 4.69. The lowest BCUT2D eigenvalue weighted by Crippen LogP contribution is -2.44. The maximum absolute atomic E-state index is 12.3. The minimum Gasteiger partial charge on any atom is -0.416 e. The van der Waals surface area contributed by atoms with E-state index in [1.54, 1.807) is 38.1 Å². The second kappa shape index (κ2) is 11.3. The summed E-state index contributed by atoms with van der Waals surface area (Å²) in [5, 5.41) is 17.6. The molecule has 3 aromatic rings. The zero-order valence-electron chi connectivity index (χ0n) is 25.0. The number of anilines is 2. The van der Waals surface area contributed by atoms with Crippen LogP contribution in [0.1, 0.15) is 61.3 Å². The second-order valence-electron chi connectivity index (χ2n) is 12.4. The number of fused-ring (bicyclic) bond motifs is 1. The summed E-state index contributed by atoms with van der Waals surface area (Å²) in [4.78, 5) is 22.9. The van der Waals surface area contributed by atoms with Crippen LogP contribution in [0.15, 0.2) is 30.5 Å². The Morgan fingerprint density at radius 3 is 2.60 bits per heavy atom. The molecule has 0 aliphatic heterocycles. The van der Waals surface area contributed by atoms with E-state index in [9.17, 15) is 10.1 Å². The zero-order chi connectivity index (χ0) is 28.8. The normalized spacial score (nSPS) is 16.6. The van der Waals surface area contributed by atoms with Gasteiger partial charge in [-0.05, 0) is 60.3 Å². The van der Waals surface area contributed by atoms with Gasteiger partial charge in [0.05, 0.1) is 17.3 Å². The number of benzene rings is 1. The van der Waals surface area contributed by atoms with Gasteiger partial charge < -0.3 is 14.6 Å². The van der Waals surface area contributed by atoms with Crippen molar-refractivity contribution < 1.29 is 9.22 Å². The predicted molar refractivity (Wildman–Crippen MR) is 166 cm³/mol. The van der Waals surface area contributed by atoms with Crippen LogP contribution in [0.5, 0.6) is 0 Å². The standard InChI is InChI=1S/C29H39N7O2Si.H2S/c1-28(2,3)39(8,9)38-18-29(4)12-10-21-20(17-30)14-19(15-22(21)29)23-11-13-31-27(32-23)33-25-16-24(34-36(25)7)26(37)35(5)6;/h11,13-16H,10,12,18H2,1-9H3,(H,31,32,33);1H2/t29-;/m1./s1. The molecule has 11 heteroatoms. The van der Waals surface area contributed by atoms with Crippen LogP contribution in [0.3, 0.4) is 0 Å². The van der Waals surface area contributed by atoms with Gasteiger partial charge in [-0.1, -0.05) is 27.7 Å². The molecule has 0 bridgehead atoms. The van der Waals surface area contributed by atoms with Crippen molar-refractivity contribution in [3.05, 3.63) is 52.8 Å². The summed E-state index contributed by atoms with van der Waals surface area (Å²) in [6.45, 7) is 14.2. The van der Waals surface area contributed by atoms with Gasteiger partial charge in [0.15, 0.2) is 14.0 Å². The Kier molecular flexibility index (Phi) is 8.89. The molecule has 0 saturated heterocycles. The van der Waals surface area contributed by atoms with E-state index < -0.39 is 8.32 Å². The molecular weight excluding hydrogens is 539 g/mol. The van der Waals surface area contributed by atoms with Crippen molar-refractivity contribution in [3.8, 4) is 17.3 Å². The van der Waals surface area contributed by atoms with E-state index in [4.69, 9.17) is 9.41 Å². The van der Waals surface area contributed by atoms with Gasteiger partial charge >= 0.3 is 0 Å². The van der Waals surface area contributed by atoms with Gasteiger partial charge in [-0.15, -0.1) is 0 Å². The molecule has 1 aliphatic rings. The minimum absolute atomic E-state index is 0. The summed E-state index contributed by atoms with van der Waals surface area (Å²) in [6.07, 6.45) is 3.49. The number of nitrogens with zero attached hydrogens (tertiary/aromatic N) is 6. The number of amides is 1. The first-order valence-electron chi connectivity index (χ1n) is 13.2. The molecule has 9 nitrogen and oxygen atoms in total. The summed E-state index contributed by atoms with van der Waals surface area (Å²) in [5.74, 6) is 0.790. The average molecular weight is 580 g/mol. The average Bonchev–Trinajstić information content (AvgIpc) is 3.41. The van der Waals surface area contributed by atoms with Crippen molar-refractivity contribution in [2.45, 2.75) is 64.1 Å². The number of carbonyl (C=O) groups is 1. The van der Waals surface area contributed by atoms with Crippen LogP contribution in [0, 0.1) is 11.3 Å². The van der Waals surface area contributed by atoms with Crippen LogP contribution in [0.2, 0.25) is 18.1 Å². The van der Waals surface area contributed by atoms with Crippen molar-refractivity contribution in [1.82, 2.24) is 24.6 Å². The van der Waals surface area contributed by atoms with Gasteiger partial charge in [0.25, 0.3) is 5.91 Å². The summed E-state index contributed by atoms with van der Waals surface area (Å²) >= 11 is 0. The third kappa shape index (κ3) is 6.09. The molecule has 1 atom stereocenters. The molecule has 2 heterocycles. The SMILES string of the molecule is CN(C)C(=O)c1cc(Nc2nccc(-c3cc(C#N)c4c(c3)[C@@](C)(CO[Si](C)(C)C(C)(C)C)CC4)n2)n(C)n1.S. The van der Waals surface area contributed by atoms with Crippen LogP contribution in [-0.4, -0.2) is 59.6 Å². The Balaban J connectivity index is 0.00000441. The number of aryl methyl sites for hydroxylation is 1. The Hall–Kier alpha value is -3.20. The van der Waals surface area contributed by atoms with Gasteiger partial charge in [-0.25, -0.2) is 9.97 Å². The molecule has 1 N–H and O–H groups in total. The number of nitrogens with one attached hydrogen (secondary N) is 1. The van der Waals surface area contributed by atoms with E-state index in [0.717, 1.165) is 24.0 Å². The minimum atomic E-state index is -1.93. The monoisotopic (exact) mass is 579 g/mol. The van der Waals surface area contributed by atoms with Crippen LogP contribution in [0.25, 0.3) is 11.3 Å². The first kappa shape index (κ1) is 31.3. The first-order valence-corrected chi connectivity index (χ1v) is 16.1. The van der Waals surface area contributed by atoms with Crippen molar-refractivity contribution >= 4 is 39.5 Å².